The molecule has 25 heavy (non-hydrogen) atoms. The first kappa shape index (κ1) is 19.0. The SMILES string of the molecule is CCN(CC)c1ccc(C=Nc2cccc(N(C)S(C)(=O)=O)c2)cc1. The summed E-state index contributed by atoms with van der Waals surface area (Å²) in [5, 5.41) is 0. The third-order valence-corrected chi connectivity index (χ3v) is 5.28. The zero-order valence-corrected chi connectivity index (χ0v) is 16.0. The van der Waals surface area contributed by atoms with Crippen molar-refractivity contribution < 1.29 is 8.42 Å². The van der Waals surface area contributed by atoms with Crippen molar-refractivity contribution in [3.05, 3.63) is 54.1 Å². The molecule has 2 aromatic carbocycles. The summed E-state index contributed by atoms with van der Waals surface area (Å²) < 4.78 is 24.5. The van der Waals surface area contributed by atoms with E-state index in [0.29, 0.717) is 11.4 Å². The Bertz CT molecular complexity index is 826. The standard InChI is InChI=1S/C19H25N3O2S/c1-5-22(6-2)18-12-10-16(11-13-18)15-20-17-8-7-9-19(14-17)21(3)25(4,23)24/h7-15H,5-6H2,1-4H3. The Balaban J connectivity index is 2.17. The Hall–Kier alpha value is -2.34. The third kappa shape index (κ3) is 5.06. The summed E-state index contributed by atoms with van der Waals surface area (Å²) in [6, 6.07) is 15.4. The van der Waals surface area contributed by atoms with Gasteiger partial charge in [-0.1, -0.05) is 18.2 Å². The molecule has 0 N–H and O–H groups in total. The Morgan fingerprint density at radius 3 is 2.20 bits per heavy atom. The third-order valence-electron chi connectivity index (χ3n) is 4.08. The van der Waals surface area contributed by atoms with Gasteiger partial charge in [-0.3, -0.25) is 9.30 Å². The second kappa shape index (κ2) is 8.16. The van der Waals surface area contributed by atoms with E-state index in [1.54, 1.807) is 24.4 Å². The van der Waals surface area contributed by atoms with Crippen molar-refractivity contribution in [2.24, 2.45) is 4.99 Å². The minimum absolute atomic E-state index is 0.592. The highest BCUT2D eigenvalue weighted by Crippen LogP contribution is 2.22. The molecule has 5 nitrogen and oxygen atoms in total. The lowest BCUT2D eigenvalue weighted by Crippen LogP contribution is -2.24. The van der Waals surface area contributed by atoms with Crippen molar-refractivity contribution in [3.8, 4) is 0 Å². The van der Waals surface area contributed by atoms with Gasteiger partial charge in [-0.25, -0.2) is 8.42 Å². The number of benzene rings is 2. The average molecular weight is 359 g/mol. The lowest BCUT2D eigenvalue weighted by atomic mass is 10.2. The van der Waals surface area contributed by atoms with Gasteiger partial charge in [0.25, 0.3) is 0 Å². The molecule has 2 rings (SSSR count). The molecule has 0 saturated heterocycles. The van der Waals surface area contributed by atoms with Crippen LogP contribution in [0.15, 0.2) is 53.5 Å². The molecule has 0 atom stereocenters. The van der Waals surface area contributed by atoms with Crippen LogP contribution in [-0.4, -0.2) is 41.0 Å². The van der Waals surface area contributed by atoms with Gasteiger partial charge in [0, 0.05) is 32.0 Å². The molecule has 0 aromatic heterocycles. The van der Waals surface area contributed by atoms with E-state index in [-0.39, 0.29) is 0 Å². The molecule has 0 saturated carbocycles. The second-order valence-electron chi connectivity index (χ2n) is 5.77. The van der Waals surface area contributed by atoms with E-state index in [1.165, 1.54) is 23.3 Å². The smallest absolute Gasteiger partial charge is 0.231 e. The second-order valence-corrected chi connectivity index (χ2v) is 7.79. The number of anilines is 2. The molecule has 0 unspecified atom stereocenters. The largest absolute Gasteiger partial charge is 0.372 e. The lowest BCUT2D eigenvalue weighted by molar-refractivity contribution is 0.600. The quantitative estimate of drug-likeness (QED) is 0.709. The van der Waals surface area contributed by atoms with E-state index in [0.717, 1.165) is 18.7 Å². The molecular weight excluding hydrogens is 334 g/mol. The van der Waals surface area contributed by atoms with E-state index >= 15 is 0 Å². The summed E-state index contributed by atoms with van der Waals surface area (Å²) >= 11 is 0. The van der Waals surface area contributed by atoms with Gasteiger partial charge in [0.1, 0.15) is 0 Å². The Morgan fingerprint density at radius 2 is 1.64 bits per heavy atom. The average Bonchev–Trinajstić information content (AvgIpc) is 2.61. The predicted octanol–water partition coefficient (Wildman–Crippen LogP) is 3.68. The monoisotopic (exact) mass is 359 g/mol. The molecule has 0 bridgehead atoms. The van der Waals surface area contributed by atoms with Crippen molar-refractivity contribution >= 4 is 33.3 Å². The molecule has 0 aliphatic rings. The van der Waals surface area contributed by atoms with Crippen LogP contribution in [0.5, 0.6) is 0 Å². The van der Waals surface area contributed by atoms with E-state index < -0.39 is 10.0 Å². The van der Waals surface area contributed by atoms with Crippen molar-refractivity contribution in [1.82, 2.24) is 0 Å². The maximum atomic E-state index is 11.6. The van der Waals surface area contributed by atoms with Crippen LogP contribution >= 0.6 is 0 Å². The van der Waals surface area contributed by atoms with Crippen LogP contribution in [0, 0.1) is 0 Å². The first-order valence-corrected chi connectivity index (χ1v) is 10.1. The summed E-state index contributed by atoms with van der Waals surface area (Å²) in [6.45, 7) is 6.23. The van der Waals surface area contributed by atoms with Gasteiger partial charge in [0.2, 0.25) is 10.0 Å². The van der Waals surface area contributed by atoms with Gasteiger partial charge in [0.15, 0.2) is 0 Å². The van der Waals surface area contributed by atoms with Crippen molar-refractivity contribution in [1.29, 1.82) is 0 Å². The molecule has 0 spiro atoms. The maximum Gasteiger partial charge on any atom is 0.231 e. The van der Waals surface area contributed by atoms with Gasteiger partial charge in [0.05, 0.1) is 17.6 Å². The number of rotatable bonds is 7. The highest BCUT2D eigenvalue weighted by atomic mass is 32.2. The first-order valence-electron chi connectivity index (χ1n) is 8.28. The van der Waals surface area contributed by atoms with Crippen molar-refractivity contribution in [2.45, 2.75) is 13.8 Å². The molecule has 0 heterocycles. The van der Waals surface area contributed by atoms with Gasteiger partial charge >= 0.3 is 0 Å². The van der Waals surface area contributed by atoms with Crippen LogP contribution in [0.2, 0.25) is 0 Å². The van der Waals surface area contributed by atoms with E-state index in [4.69, 9.17) is 0 Å². The van der Waals surface area contributed by atoms with Gasteiger partial charge < -0.3 is 4.90 Å². The Morgan fingerprint density at radius 1 is 1.00 bits per heavy atom. The van der Waals surface area contributed by atoms with Gasteiger partial charge in [-0.05, 0) is 49.7 Å². The van der Waals surface area contributed by atoms with E-state index in [2.05, 4.69) is 35.9 Å². The van der Waals surface area contributed by atoms with Gasteiger partial charge in [-0.2, -0.15) is 0 Å². The van der Waals surface area contributed by atoms with E-state index in [9.17, 15) is 8.42 Å². The first-order chi connectivity index (χ1) is 11.8. The molecular formula is C19H25N3O2S. The molecule has 2 aromatic rings. The normalized spacial score (nSPS) is 11.7. The number of aliphatic imine (C=N–C) groups is 1. The summed E-state index contributed by atoms with van der Waals surface area (Å²) in [5.41, 5.74) is 3.49. The molecule has 134 valence electrons. The van der Waals surface area contributed by atoms with Crippen LogP contribution < -0.4 is 9.21 Å². The van der Waals surface area contributed by atoms with Crippen molar-refractivity contribution in [2.75, 3.05) is 35.6 Å². The van der Waals surface area contributed by atoms with Crippen molar-refractivity contribution in [3.63, 3.8) is 0 Å². The molecule has 0 aliphatic heterocycles. The van der Waals surface area contributed by atoms with Crippen LogP contribution in [0.3, 0.4) is 0 Å². The van der Waals surface area contributed by atoms with Gasteiger partial charge in [-0.15, -0.1) is 0 Å². The fourth-order valence-corrected chi connectivity index (χ4v) is 2.97. The van der Waals surface area contributed by atoms with Crippen LogP contribution in [-0.2, 0) is 10.0 Å². The molecule has 0 aliphatic carbocycles. The molecule has 6 heteroatoms. The predicted molar refractivity (Wildman–Crippen MR) is 107 cm³/mol. The Kier molecular flexibility index (Phi) is 6.20. The fourth-order valence-electron chi connectivity index (χ4n) is 2.47. The topological polar surface area (TPSA) is 53.0 Å². The fraction of sp³-hybridized carbons (Fsp3) is 0.316. The highest BCUT2D eigenvalue weighted by Gasteiger charge is 2.11. The lowest BCUT2D eigenvalue weighted by Gasteiger charge is -2.20. The molecule has 0 radical (unpaired) electrons. The minimum Gasteiger partial charge on any atom is -0.372 e. The number of nitrogens with zero attached hydrogens (tertiary/aromatic N) is 3. The molecule has 0 fully saturated rings. The number of hydrogen-bond acceptors (Lipinski definition) is 4. The van der Waals surface area contributed by atoms with Crippen LogP contribution in [0.4, 0.5) is 17.1 Å². The summed E-state index contributed by atoms with van der Waals surface area (Å²) in [7, 11) is -1.75. The zero-order chi connectivity index (χ0) is 18.4. The summed E-state index contributed by atoms with van der Waals surface area (Å²) in [5.74, 6) is 0. The van der Waals surface area contributed by atoms with Crippen LogP contribution in [0.25, 0.3) is 0 Å². The summed E-state index contributed by atoms with van der Waals surface area (Å²) in [6.07, 6.45) is 2.96. The van der Waals surface area contributed by atoms with Crippen LogP contribution in [0.1, 0.15) is 19.4 Å². The summed E-state index contributed by atoms with van der Waals surface area (Å²) in [4.78, 5) is 6.74. The van der Waals surface area contributed by atoms with E-state index in [1.807, 2.05) is 18.2 Å². The highest BCUT2D eigenvalue weighted by molar-refractivity contribution is 7.92. The minimum atomic E-state index is -3.28. The number of sulfonamides is 1. The number of hydrogen-bond donors (Lipinski definition) is 0. The zero-order valence-electron chi connectivity index (χ0n) is 15.2. The maximum absolute atomic E-state index is 11.6. The molecule has 0 amide bonds. The Labute approximate surface area is 150 Å².